The lowest BCUT2D eigenvalue weighted by Gasteiger charge is -2.26. The highest BCUT2D eigenvalue weighted by Crippen LogP contribution is 2.22. The Morgan fingerprint density at radius 3 is 2.62 bits per heavy atom. The average Bonchev–Trinajstić information content (AvgIpc) is 2.48. The van der Waals surface area contributed by atoms with Crippen molar-refractivity contribution in [1.82, 2.24) is 4.31 Å². The predicted molar refractivity (Wildman–Crippen MR) is 80.5 cm³/mol. The molecule has 0 aromatic heterocycles. The van der Waals surface area contributed by atoms with E-state index in [-0.39, 0.29) is 11.5 Å². The minimum Gasteiger partial charge on any atom is -0.392 e. The molecule has 1 heterocycles. The van der Waals surface area contributed by atoms with Crippen molar-refractivity contribution in [3.63, 3.8) is 0 Å². The molecule has 6 heteroatoms. The van der Waals surface area contributed by atoms with E-state index in [0.717, 1.165) is 18.4 Å². The number of ether oxygens (including phenoxy) is 1. The Morgan fingerprint density at radius 2 is 2.00 bits per heavy atom. The molecule has 0 unspecified atom stereocenters. The van der Waals surface area contributed by atoms with Crippen LogP contribution in [0.2, 0.25) is 0 Å². The molecular formula is C15H23NO4S. The molecule has 0 spiro atoms. The van der Waals surface area contributed by atoms with Gasteiger partial charge >= 0.3 is 0 Å². The molecule has 1 aromatic carbocycles. The van der Waals surface area contributed by atoms with Crippen LogP contribution in [0.1, 0.15) is 24.0 Å². The van der Waals surface area contributed by atoms with E-state index < -0.39 is 10.0 Å². The van der Waals surface area contributed by atoms with E-state index in [1.54, 1.807) is 25.2 Å². The molecule has 0 bridgehead atoms. The predicted octanol–water partition coefficient (Wildman–Crippen LogP) is 1.53. The molecule has 2 rings (SSSR count). The zero-order chi connectivity index (χ0) is 15.5. The number of aryl methyl sites for hydroxylation is 1. The Bertz CT molecular complexity index is 579. The second-order valence-electron chi connectivity index (χ2n) is 5.59. The zero-order valence-corrected chi connectivity index (χ0v) is 13.4. The lowest BCUT2D eigenvalue weighted by atomic mass is 10.0. The quantitative estimate of drug-likeness (QED) is 0.895. The number of hydrogen-bond acceptors (Lipinski definition) is 4. The molecule has 0 atom stereocenters. The first-order valence-corrected chi connectivity index (χ1v) is 8.63. The highest BCUT2D eigenvalue weighted by atomic mass is 32.2. The minimum absolute atomic E-state index is 0.154. The Kier molecular flexibility index (Phi) is 5.37. The van der Waals surface area contributed by atoms with Crippen LogP contribution in [-0.2, 0) is 21.4 Å². The third kappa shape index (κ3) is 3.83. The molecule has 0 aliphatic carbocycles. The van der Waals surface area contributed by atoms with E-state index in [1.807, 2.05) is 6.92 Å². The van der Waals surface area contributed by atoms with Gasteiger partial charge in [-0.25, -0.2) is 12.7 Å². The fourth-order valence-electron chi connectivity index (χ4n) is 2.55. The van der Waals surface area contributed by atoms with Gasteiger partial charge in [0.1, 0.15) is 0 Å². The number of hydrogen-bond donors (Lipinski definition) is 1. The molecule has 5 nitrogen and oxygen atoms in total. The molecule has 1 aromatic rings. The van der Waals surface area contributed by atoms with Gasteiger partial charge in [0.25, 0.3) is 0 Å². The number of nitrogens with zero attached hydrogens (tertiary/aromatic N) is 1. The van der Waals surface area contributed by atoms with Crippen molar-refractivity contribution in [1.29, 1.82) is 0 Å². The molecule has 1 N–H and O–H groups in total. The van der Waals surface area contributed by atoms with Crippen molar-refractivity contribution in [2.24, 2.45) is 5.92 Å². The topological polar surface area (TPSA) is 66.8 Å². The summed E-state index contributed by atoms with van der Waals surface area (Å²) in [5.41, 5.74) is 1.54. The monoisotopic (exact) mass is 313 g/mol. The van der Waals surface area contributed by atoms with Gasteiger partial charge in [-0.2, -0.15) is 0 Å². The van der Waals surface area contributed by atoms with Crippen molar-refractivity contribution >= 4 is 10.0 Å². The number of aliphatic hydroxyl groups excluding tert-OH is 1. The highest BCUT2D eigenvalue weighted by Gasteiger charge is 2.25. The molecule has 1 aliphatic heterocycles. The van der Waals surface area contributed by atoms with Crippen molar-refractivity contribution in [2.75, 3.05) is 26.8 Å². The normalized spacial score (nSPS) is 17.3. The molecule has 1 fully saturated rings. The second-order valence-corrected chi connectivity index (χ2v) is 7.63. The Morgan fingerprint density at radius 1 is 1.33 bits per heavy atom. The van der Waals surface area contributed by atoms with E-state index in [2.05, 4.69) is 0 Å². The standard InChI is InChI=1S/C15H23NO4S/c1-12-3-4-15(9-14(12)11-17)21(18,19)16(2)10-13-5-7-20-8-6-13/h3-4,9,13,17H,5-8,10-11H2,1-2H3. The summed E-state index contributed by atoms with van der Waals surface area (Å²) in [7, 11) is -1.89. The number of benzene rings is 1. The fourth-order valence-corrected chi connectivity index (χ4v) is 3.85. The van der Waals surface area contributed by atoms with Gasteiger partial charge in [0.15, 0.2) is 0 Å². The smallest absolute Gasteiger partial charge is 0.242 e. The zero-order valence-electron chi connectivity index (χ0n) is 12.6. The Balaban J connectivity index is 2.16. The van der Waals surface area contributed by atoms with Crippen LogP contribution in [-0.4, -0.2) is 44.6 Å². The average molecular weight is 313 g/mol. The molecule has 0 amide bonds. The van der Waals surface area contributed by atoms with Gasteiger partial charge in [-0.05, 0) is 48.9 Å². The van der Waals surface area contributed by atoms with E-state index in [1.165, 1.54) is 4.31 Å². The maximum Gasteiger partial charge on any atom is 0.242 e. The van der Waals surface area contributed by atoms with Crippen molar-refractivity contribution in [3.05, 3.63) is 29.3 Å². The van der Waals surface area contributed by atoms with Gasteiger partial charge in [0.05, 0.1) is 11.5 Å². The fraction of sp³-hybridized carbons (Fsp3) is 0.600. The van der Waals surface area contributed by atoms with Crippen molar-refractivity contribution in [3.8, 4) is 0 Å². The second kappa shape index (κ2) is 6.87. The van der Waals surface area contributed by atoms with E-state index in [9.17, 15) is 13.5 Å². The summed E-state index contributed by atoms with van der Waals surface area (Å²) >= 11 is 0. The third-order valence-corrected chi connectivity index (χ3v) is 5.87. The first-order chi connectivity index (χ1) is 9.95. The highest BCUT2D eigenvalue weighted by molar-refractivity contribution is 7.89. The first kappa shape index (κ1) is 16.4. The summed E-state index contributed by atoms with van der Waals surface area (Å²) in [6, 6.07) is 4.90. The van der Waals surface area contributed by atoms with Crippen molar-refractivity contribution < 1.29 is 18.3 Å². The molecule has 0 radical (unpaired) electrons. The number of rotatable bonds is 5. The van der Waals surface area contributed by atoms with E-state index in [4.69, 9.17) is 4.74 Å². The number of aliphatic hydroxyl groups is 1. The maximum atomic E-state index is 12.6. The van der Waals surface area contributed by atoms with Crippen LogP contribution >= 0.6 is 0 Å². The molecule has 1 aliphatic rings. The lowest BCUT2D eigenvalue weighted by molar-refractivity contribution is 0.0620. The summed E-state index contributed by atoms with van der Waals surface area (Å²) < 4.78 is 31.9. The summed E-state index contributed by atoms with van der Waals surface area (Å²) in [4.78, 5) is 0.242. The summed E-state index contributed by atoms with van der Waals surface area (Å²) in [5, 5.41) is 9.29. The summed E-state index contributed by atoms with van der Waals surface area (Å²) in [6.07, 6.45) is 1.80. The van der Waals surface area contributed by atoms with Crippen LogP contribution in [0.15, 0.2) is 23.1 Å². The van der Waals surface area contributed by atoms with Gasteiger partial charge in [-0.1, -0.05) is 6.07 Å². The SMILES string of the molecule is Cc1ccc(S(=O)(=O)N(C)CC2CCOCC2)cc1CO. The van der Waals surface area contributed by atoms with E-state index in [0.29, 0.717) is 31.2 Å². The lowest BCUT2D eigenvalue weighted by Crippen LogP contribution is -2.34. The van der Waals surface area contributed by atoms with Gasteiger partial charge in [0, 0.05) is 26.8 Å². The van der Waals surface area contributed by atoms with Crippen molar-refractivity contribution in [2.45, 2.75) is 31.3 Å². The van der Waals surface area contributed by atoms with Gasteiger partial charge in [0.2, 0.25) is 10.0 Å². The van der Waals surface area contributed by atoms with Crippen LogP contribution < -0.4 is 0 Å². The first-order valence-electron chi connectivity index (χ1n) is 7.19. The van der Waals surface area contributed by atoms with Crippen LogP contribution in [0, 0.1) is 12.8 Å². The van der Waals surface area contributed by atoms with E-state index >= 15 is 0 Å². The summed E-state index contributed by atoms with van der Waals surface area (Å²) in [6.45, 7) is 3.62. The Labute approximate surface area is 126 Å². The largest absolute Gasteiger partial charge is 0.392 e. The third-order valence-electron chi connectivity index (χ3n) is 4.06. The molecule has 21 heavy (non-hydrogen) atoms. The minimum atomic E-state index is -3.51. The maximum absolute atomic E-state index is 12.6. The summed E-state index contributed by atoms with van der Waals surface area (Å²) in [5.74, 6) is 0.348. The van der Waals surface area contributed by atoms with Gasteiger partial charge in [-0.15, -0.1) is 0 Å². The Hall–Kier alpha value is -0.950. The van der Waals surface area contributed by atoms with Gasteiger partial charge in [-0.3, -0.25) is 0 Å². The van der Waals surface area contributed by atoms with Gasteiger partial charge < -0.3 is 9.84 Å². The number of sulfonamides is 1. The molecule has 0 saturated carbocycles. The van der Waals surface area contributed by atoms with Crippen LogP contribution in [0.25, 0.3) is 0 Å². The molecule has 1 saturated heterocycles. The van der Waals surface area contributed by atoms with Crippen LogP contribution in [0.4, 0.5) is 0 Å². The molecule has 118 valence electrons. The van der Waals surface area contributed by atoms with Crippen LogP contribution in [0.3, 0.4) is 0 Å². The van der Waals surface area contributed by atoms with Crippen LogP contribution in [0.5, 0.6) is 0 Å². The molecular weight excluding hydrogens is 290 g/mol.